The second kappa shape index (κ2) is 11.1. The van der Waals surface area contributed by atoms with E-state index in [1.165, 1.54) is 0 Å². The van der Waals surface area contributed by atoms with Crippen LogP contribution in [0.25, 0.3) is 11.3 Å². The van der Waals surface area contributed by atoms with Crippen molar-refractivity contribution in [3.05, 3.63) is 101 Å². The minimum atomic E-state index is -0.273. The van der Waals surface area contributed by atoms with Crippen molar-refractivity contribution in [3.8, 4) is 17.1 Å². The molecule has 2 aromatic heterocycles. The first-order valence-corrected chi connectivity index (χ1v) is 13.0. The van der Waals surface area contributed by atoms with Crippen LogP contribution in [0.2, 0.25) is 0 Å². The standard InChI is InChI=1S/C28H25BrN4O3S/c1-35-23-8-3-2-6-20(23)31-25(34)15-17-33-27(26(32-28(33)37)21-7-4-5-16-30-21)24-14-13-22(36-24)18-9-11-19(29)12-10-18/h2-14,16,26-27H,15,17H2,1H3,(H,31,34)(H,32,37)/t26-,27-/m0/s1. The van der Waals surface area contributed by atoms with Crippen molar-refractivity contribution < 1.29 is 13.9 Å². The number of amides is 1. The first kappa shape index (κ1) is 25.0. The van der Waals surface area contributed by atoms with Gasteiger partial charge in [0.2, 0.25) is 5.91 Å². The highest BCUT2D eigenvalue weighted by Gasteiger charge is 2.41. The van der Waals surface area contributed by atoms with Gasteiger partial charge in [0, 0.05) is 29.2 Å². The van der Waals surface area contributed by atoms with Crippen molar-refractivity contribution >= 4 is 44.9 Å². The molecule has 2 atom stereocenters. The van der Waals surface area contributed by atoms with Crippen molar-refractivity contribution in [1.29, 1.82) is 0 Å². The third-order valence-corrected chi connectivity index (χ3v) is 7.09. The SMILES string of the molecule is COc1ccccc1NC(=O)CCN1C(=S)N[C@@H](c2ccccn2)[C@@H]1c1ccc(-c2ccc(Br)cc2)o1. The molecule has 0 bridgehead atoms. The Kier molecular flexibility index (Phi) is 7.52. The number of ether oxygens (including phenoxy) is 1. The summed E-state index contributed by atoms with van der Waals surface area (Å²) in [6, 6.07) is 24.5. The number of pyridine rings is 1. The molecule has 3 heterocycles. The highest BCUT2D eigenvalue weighted by molar-refractivity contribution is 9.10. The molecule has 0 aliphatic carbocycles. The molecule has 188 valence electrons. The van der Waals surface area contributed by atoms with E-state index in [4.69, 9.17) is 21.4 Å². The molecule has 2 N–H and O–H groups in total. The summed E-state index contributed by atoms with van der Waals surface area (Å²) in [4.78, 5) is 19.4. The molecule has 0 radical (unpaired) electrons. The molecule has 0 unspecified atom stereocenters. The lowest BCUT2D eigenvalue weighted by Crippen LogP contribution is -2.32. The number of methoxy groups -OCH3 is 1. The molecule has 0 saturated carbocycles. The summed E-state index contributed by atoms with van der Waals surface area (Å²) in [5.74, 6) is 1.97. The summed E-state index contributed by atoms with van der Waals surface area (Å²) in [7, 11) is 1.58. The molecule has 5 rings (SSSR count). The first-order chi connectivity index (χ1) is 18.0. The smallest absolute Gasteiger partial charge is 0.226 e. The fourth-order valence-corrected chi connectivity index (χ4v) is 5.02. The molecule has 1 fully saturated rings. The molecule has 1 aliphatic heterocycles. The number of nitrogens with one attached hydrogen (secondary N) is 2. The van der Waals surface area contributed by atoms with Crippen molar-refractivity contribution in [2.24, 2.45) is 0 Å². The molecule has 7 nitrogen and oxygen atoms in total. The maximum absolute atomic E-state index is 12.9. The first-order valence-electron chi connectivity index (χ1n) is 11.8. The summed E-state index contributed by atoms with van der Waals surface area (Å²) in [6.45, 7) is 0.398. The molecule has 1 saturated heterocycles. The fraction of sp³-hybridized carbons (Fsp3) is 0.179. The van der Waals surface area contributed by atoms with E-state index in [-0.39, 0.29) is 24.4 Å². The number of aromatic nitrogens is 1. The predicted molar refractivity (Wildman–Crippen MR) is 150 cm³/mol. The van der Waals surface area contributed by atoms with Gasteiger partial charge in [-0.15, -0.1) is 0 Å². The number of carbonyl (C=O) groups excluding carboxylic acids is 1. The number of nitrogens with zero attached hydrogens (tertiary/aromatic N) is 2. The van der Waals surface area contributed by atoms with Gasteiger partial charge in [0.1, 0.15) is 23.3 Å². The number of thiocarbonyl (C=S) groups is 1. The lowest BCUT2D eigenvalue weighted by molar-refractivity contribution is -0.116. The number of furan rings is 1. The Morgan fingerprint density at radius 3 is 2.65 bits per heavy atom. The van der Waals surface area contributed by atoms with Crippen LogP contribution in [-0.4, -0.2) is 34.6 Å². The highest BCUT2D eigenvalue weighted by atomic mass is 79.9. The minimum absolute atomic E-state index is 0.137. The Balaban J connectivity index is 1.39. The maximum atomic E-state index is 12.9. The summed E-state index contributed by atoms with van der Waals surface area (Å²) >= 11 is 9.20. The van der Waals surface area contributed by atoms with Gasteiger partial charge in [-0.2, -0.15) is 0 Å². The van der Waals surface area contributed by atoms with Crippen molar-refractivity contribution in [2.75, 3.05) is 19.0 Å². The van der Waals surface area contributed by atoms with Crippen LogP contribution in [0.4, 0.5) is 5.69 Å². The Bertz CT molecular complexity index is 1390. The molecule has 1 aliphatic rings. The number of rotatable bonds is 8. The van der Waals surface area contributed by atoms with Gasteiger partial charge in [0.05, 0.1) is 24.5 Å². The minimum Gasteiger partial charge on any atom is -0.495 e. The second-order valence-corrected chi connectivity index (χ2v) is 9.83. The average molecular weight is 578 g/mol. The summed E-state index contributed by atoms with van der Waals surface area (Å²) in [5.41, 5.74) is 2.45. The lowest BCUT2D eigenvalue weighted by Gasteiger charge is -2.26. The number of para-hydroxylation sites is 2. The lowest BCUT2D eigenvalue weighted by atomic mass is 10.0. The van der Waals surface area contributed by atoms with Crippen LogP contribution in [0, 0.1) is 0 Å². The summed E-state index contributed by atoms with van der Waals surface area (Å²) in [5, 5.41) is 6.88. The number of halogens is 1. The molecular weight excluding hydrogens is 552 g/mol. The highest BCUT2D eigenvalue weighted by Crippen LogP contribution is 2.40. The topological polar surface area (TPSA) is 79.6 Å². The van der Waals surface area contributed by atoms with E-state index in [1.54, 1.807) is 13.3 Å². The third-order valence-electron chi connectivity index (χ3n) is 6.21. The van der Waals surface area contributed by atoms with Crippen LogP contribution in [0.5, 0.6) is 5.75 Å². The summed E-state index contributed by atoms with van der Waals surface area (Å²) in [6.07, 6.45) is 1.99. The average Bonchev–Trinajstić information content (AvgIpc) is 3.53. The predicted octanol–water partition coefficient (Wildman–Crippen LogP) is 6.11. The molecule has 2 aromatic carbocycles. The largest absolute Gasteiger partial charge is 0.495 e. The molecule has 1 amide bonds. The van der Waals surface area contributed by atoms with E-state index in [0.29, 0.717) is 23.1 Å². The normalized spacial score (nSPS) is 16.9. The second-order valence-electron chi connectivity index (χ2n) is 8.53. The van der Waals surface area contributed by atoms with E-state index in [2.05, 4.69) is 31.5 Å². The van der Waals surface area contributed by atoms with Crippen molar-refractivity contribution in [3.63, 3.8) is 0 Å². The molecule has 9 heteroatoms. The van der Waals surface area contributed by atoms with E-state index in [1.807, 2.05) is 83.8 Å². The molecular formula is C28H25BrN4O3S. The number of anilines is 1. The van der Waals surface area contributed by atoms with Gasteiger partial charge in [-0.05, 0) is 60.7 Å². The third kappa shape index (κ3) is 5.52. The van der Waals surface area contributed by atoms with Gasteiger partial charge in [-0.1, -0.05) is 46.3 Å². The van der Waals surface area contributed by atoms with Gasteiger partial charge >= 0.3 is 0 Å². The number of carbonyl (C=O) groups is 1. The van der Waals surface area contributed by atoms with Crippen LogP contribution in [0.3, 0.4) is 0 Å². The van der Waals surface area contributed by atoms with Crippen molar-refractivity contribution in [2.45, 2.75) is 18.5 Å². The van der Waals surface area contributed by atoms with Crippen LogP contribution < -0.4 is 15.4 Å². The van der Waals surface area contributed by atoms with E-state index >= 15 is 0 Å². The van der Waals surface area contributed by atoms with Crippen LogP contribution in [0.15, 0.2) is 93.9 Å². The quantitative estimate of drug-likeness (QED) is 0.245. The fourth-order valence-electron chi connectivity index (χ4n) is 4.42. The summed E-state index contributed by atoms with van der Waals surface area (Å²) < 4.78 is 12.7. The van der Waals surface area contributed by atoms with Gasteiger partial charge in [0.15, 0.2) is 5.11 Å². The van der Waals surface area contributed by atoms with Crippen LogP contribution in [-0.2, 0) is 4.79 Å². The molecule has 37 heavy (non-hydrogen) atoms. The number of hydrogen-bond acceptors (Lipinski definition) is 5. The van der Waals surface area contributed by atoms with E-state index < -0.39 is 0 Å². The monoisotopic (exact) mass is 576 g/mol. The Morgan fingerprint density at radius 1 is 1.11 bits per heavy atom. The van der Waals surface area contributed by atoms with Gasteiger partial charge in [0.25, 0.3) is 0 Å². The Hall–Kier alpha value is -3.69. The zero-order valence-electron chi connectivity index (χ0n) is 20.1. The molecule has 4 aromatic rings. The van der Waals surface area contributed by atoms with E-state index in [0.717, 1.165) is 27.3 Å². The van der Waals surface area contributed by atoms with Crippen LogP contribution >= 0.6 is 28.1 Å². The van der Waals surface area contributed by atoms with Gasteiger partial charge in [-0.25, -0.2) is 0 Å². The van der Waals surface area contributed by atoms with Gasteiger partial charge in [-0.3, -0.25) is 9.78 Å². The zero-order chi connectivity index (χ0) is 25.8. The van der Waals surface area contributed by atoms with Crippen LogP contribution in [0.1, 0.15) is 30.0 Å². The van der Waals surface area contributed by atoms with Gasteiger partial charge < -0.3 is 24.7 Å². The Morgan fingerprint density at radius 2 is 1.89 bits per heavy atom. The number of benzene rings is 2. The van der Waals surface area contributed by atoms with Crippen molar-refractivity contribution in [1.82, 2.24) is 15.2 Å². The maximum Gasteiger partial charge on any atom is 0.226 e. The molecule has 0 spiro atoms. The number of hydrogen-bond donors (Lipinski definition) is 2. The van der Waals surface area contributed by atoms with E-state index in [9.17, 15) is 4.79 Å². The zero-order valence-corrected chi connectivity index (χ0v) is 22.5. The Labute approximate surface area is 229 Å².